The van der Waals surface area contributed by atoms with Crippen LogP contribution in [0.5, 0.6) is 5.75 Å². The van der Waals surface area contributed by atoms with Gasteiger partial charge in [-0.05, 0) is 26.0 Å². The number of imidazole rings is 1. The number of carboxylic acid groups (broad SMARTS) is 1. The number of hydrogen-bond acceptors (Lipinski definition) is 3. The number of aryl methyl sites for hydroxylation is 1. The van der Waals surface area contributed by atoms with Crippen molar-refractivity contribution in [2.24, 2.45) is 0 Å². The second-order valence-corrected chi connectivity index (χ2v) is 4.25. The number of hydrogen-bond donors (Lipinski definition) is 1. The fraction of sp³-hybridized carbons (Fsp3) is 0.286. The van der Waals surface area contributed by atoms with Gasteiger partial charge in [0.15, 0.2) is 0 Å². The summed E-state index contributed by atoms with van der Waals surface area (Å²) in [5, 5.41) is 9.03. The minimum absolute atomic E-state index is 0.274. The van der Waals surface area contributed by atoms with Gasteiger partial charge >= 0.3 is 5.97 Å². The number of carboxylic acids is 1. The van der Waals surface area contributed by atoms with Crippen molar-refractivity contribution in [3.8, 4) is 5.75 Å². The molecule has 0 spiro atoms. The molecule has 0 saturated heterocycles. The van der Waals surface area contributed by atoms with Crippen molar-refractivity contribution in [1.82, 2.24) is 9.55 Å². The molecule has 0 aliphatic rings. The van der Waals surface area contributed by atoms with Gasteiger partial charge in [-0.1, -0.05) is 6.07 Å². The van der Waals surface area contributed by atoms with Crippen LogP contribution in [0.4, 0.5) is 0 Å². The molecule has 1 N–H and O–H groups in total. The van der Waals surface area contributed by atoms with Crippen molar-refractivity contribution < 1.29 is 14.6 Å². The Morgan fingerprint density at radius 2 is 2.21 bits per heavy atom. The Balaban J connectivity index is 2.02. The van der Waals surface area contributed by atoms with Crippen molar-refractivity contribution in [3.63, 3.8) is 0 Å². The van der Waals surface area contributed by atoms with Crippen LogP contribution in [0.15, 0.2) is 30.6 Å². The van der Waals surface area contributed by atoms with Gasteiger partial charge in [0.05, 0.1) is 12.1 Å². The van der Waals surface area contributed by atoms with Crippen molar-refractivity contribution >= 4 is 5.97 Å². The number of aromatic nitrogens is 2. The van der Waals surface area contributed by atoms with Gasteiger partial charge in [-0.15, -0.1) is 0 Å². The van der Waals surface area contributed by atoms with E-state index in [1.54, 1.807) is 31.3 Å². The lowest BCUT2D eigenvalue weighted by Crippen LogP contribution is -2.10. The highest BCUT2D eigenvalue weighted by molar-refractivity contribution is 5.90. The lowest BCUT2D eigenvalue weighted by atomic mass is 10.1. The smallest absolute Gasteiger partial charge is 0.336 e. The highest BCUT2D eigenvalue weighted by Crippen LogP contribution is 2.21. The van der Waals surface area contributed by atoms with Crippen LogP contribution in [0.1, 0.15) is 21.7 Å². The van der Waals surface area contributed by atoms with Gasteiger partial charge in [-0.25, -0.2) is 9.78 Å². The summed E-state index contributed by atoms with van der Waals surface area (Å²) in [6, 6.07) is 5.04. The maximum absolute atomic E-state index is 11.0. The van der Waals surface area contributed by atoms with Crippen molar-refractivity contribution in [3.05, 3.63) is 47.5 Å². The first kappa shape index (κ1) is 13.1. The minimum Gasteiger partial charge on any atom is -0.491 e. The summed E-state index contributed by atoms with van der Waals surface area (Å²) in [4.78, 5) is 15.1. The maximum Gasteiger partial charge on any atom is 0.336 e. The Morgan fingerprint density at radius 1 is 1.42 bits per heavy atom. The summed E-state index contributed by atoms with van der Waals surface area (Å²) in [7, 11) is 0. The van der Waals surface area contributed by atoms with E-state index in [1.165, 1.54) is 0 Å². The number of benzene rings is 1. The predicted octanol–water partition coefficient (Wildman–Crippen LogP) is 2.28. The van der Waals surface area contributed by atoms with Gasteiger partial charge in [-0.3, -0.25) is 0 Å². The normalized spacial score (nSPS) is 10.4. The first-order valence-electron chi connectivity index (χ1n) is 6.03. The van der Waals surface area contributed by atoms with E-state index in [1.807, 2.05) is 17.7 Å². The molecule has 19 heavy (non-hydrogen) atoms. The van der Waals surface area contributed by atoms with Crippen molar-refractivity contribution in [2.45, 2.75) is 20.4 Å². The molecule has 0 amide bonds. The SMILES string of the molecule is Cc1c(OCCn2ccnc2C)cccc1C(=O)O. The number of rotatable bonds is 5. The molecule has 1 aromatic carbocycles. The molecule has 100 valence electrons. The third-order valence-corrected chi connectivity index (χ3v) is 3.03. The predicted molar refractivity (Wildman–Crippen MR) is 70.6 cm³/mol. The average molecular weight is 260 g/mol. The Hall–Kier alpha value is -2.30. The van der Waals surface area contributed by atoms with Crippen LogP contribution in [0.25, 0.3) is 0 Å². The van der Waals surface area contributed by atoms with Crippen LogP contribution >= 0.6 is 0 Å². The molecule has 0 bridgehead atoms. The lowest BCUT2D eigenvalue weighted by Gasteiger charge is -2.11. The highest BCUT2D eigenvalue weighted by Gasteiger charge is 2.10. The van der Waals surface area contributed by atoms with Gasteiger partial charge in [0.25, 0.3) is 0 Å². The molecule has 0 unspecified atom stereocenters. The van der Waals surface area contributed by atoms with E-state index in [0.717, 1.165) is 5.82 Å². The summed E-state index contributed by atoms with van der Waals surface area (Å²) in [5.41, 5.74) is 0.925. The van der Waals surface area contributed by atoms with Crippen molar-refractivity contribution in [2.75, 3.05) is 6.61 Å². The molecule has 0 atom stereocenters. The molecule has 0 fully saturated rings. The second-order valence-electron chi connectivity index (χ2n) is 4.25. The van der Waals surface area contributed by atoms with Crippen LogP contribution in [-0.4, -0.2) is 27.2 Å². The topological polar surface area (TPSA) is 64.4 Å². The zero-order valence-electron chi connectivity index (χ0n) is 11.0. The number of nitrogens with zero attached hydrogens (tertiary/aromatic N) is 2. The number of carbonyl (C=O) groups is 1. The molecule has 5 heteroatoms. The minimum atomic E-state index is -0.937. The van der Waals surface area contributed by atoms with Gasteiger partial charge < -0.3 is 14.4 Å². The third-order valence-electron chi connectivity index (χ3n) is 3.03. The van der Waals surface area contributed by atoms with Crippen molar-refractivity contribution in [1.29, 1.82) is 0 Å². The van der Waals surface area contributed by atoms with E-state index < -0.39 is 5.97 Å². The summed E-state index contributed by atoms with van der Waals surface area (Å²) >= 11 is 0. The van der Waals surface area contributed by atoms with E-state index in [4.69, 9.17) is 9.84 Å². The Kier molecular flexibility index (Phi) is 3.85. The van der Waals surface area contributed by atoms with E-state index in [9.17, 15) is 4.79 Å². The Bertz CT molecular complexity index is 590. The van der Waals surface area contributed by atoms with E-state index >= 15 is 0 Å². The van der Waals surface area contributed by atoms with Crippen LogP contribution in [0.3, 0.4) is 0 Å². The summed E-state index contributed by atoms with van der Waals surface area (Å²) in [6.45, 7) is 4.83. The first-order valence-corrected chi connectivity index (χ1v) is 6.03. The fourth-order valence-corrected chi connectivity index (χ4v) is 1.90. The van der Waals surface area contributed by atoms with E-state index in [-0.39, 0.29) is 5.56 Å². The van der Waals surface area contributed by atoms with Gasteiger partial charge in [-0.2, -0.15) is 0 Å². The monoisotopic (exact) mass is 260 g/mol. The van der Waals surface area contributed by atoms with Crippen LogP contribution < -0.4 is 4.74 Å². The molecule has 0 radical (unpaired) electrons. The molecule has 0 saturated carbocycles. The number of aromatic carboxylic acids is 1. The molecule has 2 aromatic rings. The average Bonchev–Trinajstić information content (AvgIpc) is 2.77. The zero-order valence-corrected chi connectivity index (χ0v) is 11.0. The molecular weight excluding hydrogens is 244 g/mol. The standard InChI is InChI=1S/C14H16N2O3/c1-10-12(14(17)18)4-3-5-13(10)19-9-8-16-7-6-15-11(16)2/h3-7H,8-9H2,1-2H3,(H,17,18). The molecule has 1 aromatic heterocycles. The Labute approximate surface area is 111 Å². The van der Waals surface area contributed by atoms with Crippen LogP contribution in [-0.2, 0) is 6.54 Å². The third kappa shape index (κ3) is 2.93. The number of ether oxygens (including phenoxy) is 1. The Morgan fingerprint density at radius 3 is 2.84 bits per heavy atom. The quantitative estimate of drug-likeness (QED) is 0.895. The van der Waals surface area contributed by atoms with Crippen LogP contribution in [0, 0.1) is 13.8 Å². The molecular formula is C14H16N2O3. The van der Waals surface area contributed by atoms with Gasteiger partial charge in [0.1, 0.15) is 18.2 Å². The maximum atomic E-state index is 11.0. The van der Waals surface area contributed by atoms with Gasteiger partial charge in [0.2, 0.25) is 0 Å². The second kappa shape index (κ2) is 5.56. The largest absolute Gasteiger partial charge is 0.491 e. The van der Waals surface area contributed by atoms with Gasteiger partial charge in [0, 0.05) is 18.0 Å². The zero-order chi connectivity index (χ0) is 13.8. The highest BCUT2D eigenvalue weighted by atomic mass is 16.5. The fourth-order valence-electron chi connectivity index (χ4n) is 1.90. The molecule has 2 rings (SSSR count). The summed E-state index contributed by atoms with van der Waals surface area (Å²) in [6.07, 6.45) is 3.63. The molecule has 1 heterocycles. The van der Waals surface area contributed by atoms with Crippen LogP contribution in [0.2, 0.25) is 0 Å². The molecule has 5 nitrogen and oxygen atoms in total. The molecule has 0 aliphatic carbocycles. The van der Waals surface area contributed by atoms with E-state index in [2.05, 4.69) is 4.98 Å². The molecule has 0 aliphatic heterocycles. The summed E-state index contributed by atoms with van der Waals surface area (Å²) in [5.74, 6) is 0.602. The lowest BCUT2D eigenvalue weighted by molar-refractivity contribution is 0.0695. The van der Waals surface area contributed by atoms with E-state index in [0.29, 0.717) is 24.5 Å². The first-order chi connectivity index (χ1) is 9.09. The summed E-state index contributed by atoms with van der Waals surface area (Å²) < 4.78 is 7.63.